The molecule has 20 heavy (non-hydrogen) atoms. The van der Waals surface area contributed by atoms with Crippen molar-refractivity contribution < 1.29 is 19.3 Å². The maximum atomic E-state index is 10.8. The quantitative estimate of drug-likeness (QED) is 0.863. The second kappa shape index (κ2) is 4.19. The fourth-order valence-electron chi connectivity index (χ4n) is 5.42. The summed E-state index contributed by atoms with van der Waals surface area (Å²) in [5.74, 6) is -0.146. The van der Waals surface area contributed by atoms with Gasteiger partial charge in [0, 0.05) is 12.3 Å². The number of ether oxygens (including phenoxy) is 3. The minimum absolute atomic E-state index is 0.0361. The highest BCUT2D eigenvalue weighted by Gasteiger charge is 2.71. The summed E-state index contributed by atoms with van der Waals surface area (Å²) < 4.78 is 17.4. The predicted octanol–water partition coefficient (Wildman–Crippen LogP) is 2.44. The highest BCUT2D eigenvalue weighted by Crippen LogP contribution is 2.70. The van der Waals surface area contributed by atoms with Crippen molar-refractivity contribution >= 4 is 0 Å². The first-order valence-electron chi connectivity index (χ1n) is 8.12. The van der Waals surface area contributed by atoms with Crippen LogP contribution in [0, 0.1) is 17.3 Å². The van der Waals surface area contributed by atoms with Crippen LogP contribution >= 0.6 is 0 Å². The zero-order chi connectivity index (χ0) is 14.0. The van der Waals surface area contributed by atoms with Gasteiger partial charge in [0.25, 0.3) is 0 Å². The summed E-state index contributed by atoms with van der Waals surface area (Å²) in [5.41, 5.74) is 0.115. The Morgan fingerprint density at radius 2 is 1.95 bits per heavy atom. The van der Waals surface area contributed by atoms with E-state index in [1.807, 2.05) is 0 Å². The molecule has 114 valence electrons. The lowest BCUT2D eigenvalue weighted by atomic mass is 9.63. The van der Waals surface area contributed by atoms with Gasteiger partial charge in [-0.1, -0.05) is 6.92 Å². The molecule has 2 aliphatic carbocycles. The molecule has 0 unspecified atom stereocenters. The fraction of sp³-hybridized carbons (Fsp3) is 1.00. The summed E-state index contributed by atoms with van der Waals surface area (Å²) >= 11 is 0. The molecule has 3 aliphatic heterocycles. The van der Waals surface area contributed by atoms with E-state index in [1.165, 1.54) is 6.42 Å². The molecule has 5 aliphatic rings. The molecule has 0 spiro atoms. The van der Waals surface area contributed by atoms with Crippen molar-refractivity contribution in [2.24, 2.45) is 17.3 Å². The van der Waals surface area contributed by atoms with Gasteiger partial charge in [-0.05, 0) is 50.4 Å². The van der Waals surface area contributed by atoms with Crippen LogP contribution in [0.15, 0.2) is 0 Å². The van der Waals surface area contributed by atoms with Crippen molar-refractivity contribution in [1.82, 2.24) is 0 Å². The van der Waals surface area contributed by atoms with Gasteiger partial charge in [0.15, 0.2) is 12.1 Å². The third kappa shape index (κ3) is 1.75. The molecule has 0 aromatic carbocycles. The largest absolute Gasteiger partial charge is 0.365 e. The molecule has 0 aromatic rings. The van der Waals surface area contributed by atoms with Gasteiger partial charge in [0.05, 0.1) is 18.8 Å². The lowest BCUT2D eigenvalue weighted by molar-refractivity contribution is -0.299. The smallest absolute Gasteiger partial charge is 0.169 e. The normalized spacial score (nSPS) is 54.8. The van der Waals surface area contributed by atoms with Crippen LogP contribution in [0.3, 0.4) is 0 Å². The third-order valence-electron chi connectivity index (χ3n) is 6.54. The summed E-state index contributed by atoms with van der Waals surface area (Å²) in [6.07, 6.45) is 6.10. The average molecular weight is 282 g/mol. The van der Waals surface area contributed by atoms with Crippen LogP contribution in [0.5, 0.6) is 0 Å². The number of hydrogen-bond acceptors (Lipinski definition) is 4. The zero-order valence-electron chi connectivity index (χ0n) is 12.6. The van der Waals surface area contributed by atoms with Crippen LogP contribution in [-0.4, -0.2) is 36.0 Å². The number of rotatable bonds is 3. The third-order valence-corrected chi connectivity index (χ3v) is 6.54. The summed E-state index contributed by atoms with van der Waals surface area (Å²) in [6.45, 7) is 6.00. The molecule has 3 heterocycles. The Morgan fingerprint density at radius 3 is 2.65 bits per heavy atom. The molecule has 3 saturated heterocycles. The standard InChI is InChI=1S/C16H26O4/c1-11-15(5-4-13-18-6-3-7-19-13)8-12-9-16(11,17)20-14(12,2)10-15/h11-13,17H,3-10H2,1-2H3/t11-,12+,14-,15+,16+/m1/s1. The van der Waals surface area contributed by atoms with E-state index in [0.717, 1.165) is 45.3 Å². The van der Waals surface area contributed by atoms with E-state index in [2.05, 4.69) is 13.8 Å². The average Bonchev–Trinajstić information content (AvgIpc) is 2.78. The summed E-state index contributed by atoms with van der Waals surface area (Å²) in [7, 11) is 0. The molecule has 5 rings (SSSR count). The molecule has 4 heteroatoms. The van der Waals surface area contributed by atoms with Crippen LogP contribution in [0.2, 0.25) is 0 Å². The molecule has 0 radical (unpaired) electrons. The fourth-order valence-corrected chi connectivity index (χ4v) is 5.42. The molecule has 5 fully saturated rings. The SMILES string of the molecule is C[C@@H]1[C@@]2(CCC3OCCCO3)C[C@H]3C[C@]1(O)O[C@]3(C)C2. The van der Waals surface area contributed by atoms with E-state index < -0.39 is 5.79 Å². The molecule has 4 nitrogen and oxygen atoms in total. The Labute approximate surface area is 120 Å². The van der Waals surface area contributed by atoms with E-state index in [-0.39, 0.29) is 23.2 Å². The van der Waals surface area contributed by atoms with Crippen LogP contribution in [-0.2, 0) is 14.2 Å². The second-order valence-corrected chi connectivity index (χ2v) is 7.69. The van der Waals surface area contributed by atoms with Gasteiger partial charge < -0.3 is 19.3 Å². The maximum absolute atomic E-state index is 10.8. The summed E-state index contributed by atoms with van der Waals surface area (Å²) in [5, 5.41) is 10.8. The Kier molecular flexibility index (Phi) is 2.83. The van der Waals surface area contributed by atoms with Gasteiger partial charge in [0.1, 0.15) is 0 Å². The van der Waals surface area contributed by atoms with Crippen molar-refractivity contribution in [3.8, 4) is 0 Å². The van der Waals surface area contributed by atoms with Crippen LogP contribution < -0.4 is 0 Å². The minimum atomic E-state index is -0.885. The molecule has 1 N–H and O–H groups in total. The molecule has 5 atom stereocenters. The Morgan fingerprint density at radius 1 is 1.20 bits per heavy atom. The lowest BCUT2D eigenvalue weighted by Gasteiger charge is -2.50. The van der Waals surface area contributed by atoms with Crippen LogP contribution in [0.1, 0.15) is 52.4 Å². The highest BCUT2D eigenvalue weighted by atomic mass is 16.7. The van der Waals surface area contributed by atoms with E-state index in [4.69, 9.17) is 14.2 Å². The van der Waals surface area contributed by atoms with Gasteiger partial charge in [-0.3, -0.25) is 0 Å². The topological polar surface area (TPSA) is 47.9 Å². The van der Waals surface area contributed by atoms with E-state index >= 15 is 0 Å². The van der Waals surface area contributed by atoms with Gasteiger partial charge in [0.2, 0.25) is 0 Å². The van der Waals surface area contributed by atoms with Gasteiger partial charge >= 0.3 is 0 Å². The van der Waals surface area contributed by atoms with Gasteiger partial charge in [-0.15, -0.1) is 0 Å². The highest BCUT2D eigenvalue weighted by molar-refractivity contribution is 5.17. The molecular weight excluding hydrogens is 256 g/mol. The van der Waals surface area contributed by atoms with E-state index in [0.29, 0.717) is 5.92 Å². The monoisotopic (exact) mass is 282 g/mol. The first-order valence-corrected chi connectivity index (χ1v) is 8.12. The summed E-state index contributed by atoms with van der Waals surface area (Å²) in [6, 6.07) is 0. The summed E-state index contributed by atoms with van der Waals surface area (Å²) in [4.78, 5) is 0. The van der Waals surface area contributed by atoms with Gasteiger partial charge in [-0.25, -0.2) is 0 Å². The molecule has 4 bridgehead atoms. The van der Waals surface area contributed by atoms with Crippen LogP contribution in [0.4, 0.5) is 0 Å². The van der Waals surface area contributed by atoms with Crippen molar-refractivity contribution in [2.45, 2.75) is 70.1 Å². The predicted molar refractivity (Wildman–Crippen MR) is 72.9 cm³/mol. The number of aliphatic hydroxyl groups is 1. The zero-order valence-corrected chi connectivity index (χ0v) is 12.6. The van der Waals surface area contributed by atoms with E-state index in [1.54, 1.807) is 0 Å². The van der Waals surface area contributed by atoms with Crippen molar-refractivity contribution in [2.75, 3.05) is 13.2 Å². The Hall–Kier alpha value is -0.160. The minimum Gasteiger partial charge on any atom is -0.365 e. The van der Waals surface area contributed by atoms with Gasteiger partial charge in [-0.2, -0.15) is 0 Å². The van der Waals surface area contributed by atoms with Crippen molar-refractivity contribution in [3.05, 3.63) is 0 Å². The maximum Gasteiger partial charge on any atom is 0.169 e. The van der Waals surface area contributed by atoms with E-state index in [9.17, 15) is 5.11 Å². The molecular formula is C16H26O4. The first-order chi connectivity index (χ1) is 9.46. The van der Waals surface area contributed by atoms with Crippen molar-refractivity contribution in [3.63, 3.8) is 0 Å². The van der Waals surface area contributed by atoms with Crippen LogP contribution in [0.25, 0.3) is 0 Å². The first kappa shape index (κ1) is 13.5. The molecule has 0 amide bonds. The second-order valence-electron chi connectivity index (χ2n) is 7.69. The molecule has 0 aromatic heterocycles. The molecule has 2 saturated carbocycles. The Balaban J connectivity index is 1.49. The van der Waals surface area contributed by atoms with Crippen molar-refractivity contribution in [1.29, 1.82) is 0 Å². The Bertz CT molecular complexity index is 407. The lowest BCUT2D eigenvalue weighted by Crippen LogP contribution is -2.53. The number of hydrogen-bond donors (Lipinski definition) is 1.